The molecule has 1 N–H and O–H groups in total. The van der Waals surface area contributed by atoms with E-state index in [-0.39, 0.29) is 11.7 Å². The van der Waals surface area contributed by atoms with Gasteiger partial charge in [-0.15, -0.1) is 0 Å². The van der Waals surface area contributed by atoms with Gasteiger partial charge < -0.3 is 9.84 Å². The second-order valence-corrected chi connectivity index (χ2v) is 4.91. The number of likely N-dealkylation sites (tertiary alicyclic amines) is 1. The van der Waals surface area contributed by atoms with Gasteiger partial charge >= 0.3 is 0 Å². The third-order valence-corrected chi connectivity index (χ3v) is 2.37. The SMILES string of the molecule is CN1C[C@H](O)C[C@H]1COC(C)(C)C. The molecule has 1 aliphatic heterocycles. The van der Waals surface area contributed by atoms with Crippen LogP contribution in [0, 0.1) is 0 Å². The highest BCUT2D eigenvalue weighted by Gasteiger charge is 2.29. The van der Waals surface area contributed by atoms with Crippen molar-refractivity contribution in [1.29, 1.82) is 0 Å². The predicted molar refractivity (Wildman–Crippen MR) is 52.7 cm³/mol. The van der Waals surface area contributed by atoms with Crippen LogP contribution in [0.25, 0.3) is 0 Å². The van der Waals surface area contributed by atoms with Crippen LogP contribution in [0.15, 0.2) is 0 Å². The van der Waals surface area contributed by atoms with Crippen LogP contribution in [-0.4, -0.2) is 48.0 Å². The summed E-state index contributed by atoms with van der Waals surface area (Å²) in [5.41, 5.74) is -0.0750. The molecule has 1 aliphatic rings. The molecule has 0 spiro atoms. The monoisotopic (exact) mass is 187 g/mol. The van der Waals surface area contributed by atoms with Crippen molar-refractivity contribution in [3.63, 3.8) is 0 Å². The molecule has 0 amide bonds. The van der Waals surface area contributed by atoms with E-state index in [4.69, 9.17) is 4.74 Å². The minimum Gasteiger partial charge on any atom is -0.392 e. The third-order valence-electron chi connectivity index (χ3n) is 2.37. The number of ether oxygens (including phenoxy) is 1. The lowest BCUT2D eigenvalue weighted by Gasteiger charge is -2.25. The Morgan fingerprint density at radius 3 is 2.46 bits per heavy atom. The maximum Gasteiger partial charge on any atom is 0.0682 e. The van der Waals surface area contributed by atoms with Gasteiger partial charge in [-0.3, -0.25) is 4.90 Å². The quantitative estimate of drug-likeness (QED) is 0.696. The Balaban J connectivity index is 2.30. The number of hydrogen-bond acceptors (Lipinski definition) is 3. The van der Waals surface area contributed by atoms with Crippen LogP contribution >= 0.6 is 0 Å². The molecule has 0 aromatic heterocycles. The summed E-state index contributed by atoms with van der Waals surface area (Å²) in [7, 11) is 2.03. The zero-order valence-electron chi connectivity index (χ0n) is 9.08. The zero-order valence-corrected chi connectivity index (χ0v) is 9.08. The molecule has 0 radical (unpaired) electrons. The van der Waals surface area contributed by atoms with E-state index < -0.39 is 0 Å². The highest BCUT2D eigenvalue weighted by atomic mass is 16.5. The molecule has 2 atom stereocenters. The van der Waals surface area contributed by atoms with E-state index in [0.29, 0.717) is 6.04 Å². The van der Waals surface area contributed by atoms with Crippen LogP contribution in [0.2, 0.25) is 0 Å². The van der Waals surface area contributed by atoms with E-state index in [9.17, 15) is 5.11 Å². The van der Waals surface area contributed by atoms with Crippen molar-refractivity contribution in [2.24, 2.45) is 0 Å². The fourth-order valence-corrected chi connectivity index (χ4v) is 1.59. The highest BCUT2D eigenvalue weighted by Crippen LogP contribution is 2.18. The Labute approximate surface area is 80.7 Å². The standard InChI is InChI=1S/C10H21NO2/c1-10(2,3)13-7-8-5-9(12)6-11(8)4/h8-9,12H,5-7H2,1-4H3/t8-,9+/m0/s1. The van der Waals surface area contributed by atoms with E-state index >= 15 is 0 Å². The summed E-state index contributed by atoms with van der Waals surface area (Å²) < 4.78 is 5.68. The summed E-state index contributed by atoms with van der Waals surface area (Å²) >= 11 is 0. The van der Waals surface area contributed by atoms with Crippen molar-refractivity contribution in [2.45, 2.75) is 44.9 Å². The van der Waals surface area contributed by atoms with Gasteiger partial charge in [-0.05, 0) is 34.2 Å². The maximum atomic E-state index is 9.40. The van der Waals surface area contributed by atoms with E-state index in [1.165, 1.54) is 0 Å². The number of likely N-dealkylation sites (N-methyl/N-ethyl adjacent to an activating group) is 1. The molecule has 13 heavy (non-hydrogen) atoms. The molecule has 0 saturated carbocycles. The van der Waals surface area contributed by atoms with Crippen molar-refractivity contribution in [3.05, 3.63) is 0 Å². The summed E-state index contributed by atoms with van der Waals surface area (Å²) in [6.45, 7) is 7.66. The molecule has 3 heteroatoms. The molecule has 0 aliphatic carbocycles. The number of aliphatic hydroxyl groups is 1. The molecule has 0 aromatic rings. The first-order valence-electron chi connectivity index (χ1n) is 4.91. The minimum atomic E-state index is -0.168. The summed E-state index contributed by atoms with van der Waals surface area (Å²) in [5, 5.41) is 9.40. The minimum absolute atomic E-state index is 0.0750. The smallest absolute Gasteiger partial charge is 0.0682 e. The molecule has 0 unspecified atom stereocenters. The fraction of sp³-hybridized carbons (Fsp3) is 1.00. The average molecular weight is 187 g/mol. The van der Waals surface area contributed by atoms with Gasteiger partial charge in [-0.25, -0.2) is 0 Å². The van der Waals surface area contributed by atoms with Gasteiger partial charge in [0.1, 0.15) is 0 Å². The number of hydrogen-bond donors (Lipinski definition) is 1. The average Bonchev–Trinajstić information content (AvgIpc) is 2.24. The Kier molecular flexibility index (Phi) is 3.33. The van der Waals surface area contributed by atoms with Crippen LogP contribution < -0.4 is 0 Å². The molecule has 1 saturated heterocycles. The van der Waals surface area contributed by atoms with Crippen molar-refractivity contribution in [1.82, 2.24) is 4.90 Å². The highest BCUT2D eigenvalue weighted by molar-refractivity contribution is 4.83. The van der Waals surface area contributed by atoms with Gasteiger partial charge in [0.2, 0.25) is 0 Å². The Morgan fingerprint density at radius 1 is 1.46 bits per heavy atom. The van der Waals surface area contributed by atoms with E-state index in [1.54, 1.807) is 0 Å². The van der Waals surface area contributed by atoms with Gasteiger partial charge in [0, 0.05) is 12.6 Å². The van der Waals surface area contributed by atoms with E-state index in [2.05, 4.69) is 25.7 Å². The molecule has 0 aromatic carbocycles. The van der Waals surface area contributed by atoms with Gasteiger partial charge in [0.15, 0.2) is 0 Å². The second kappa shape index (κ2) is 3.95. The molecule has 1 rings (SSSR count). The lowest BCUT2D eigenvalue weighted by Crippen LogP contribution is -2.33. The van der Waals surface area contributed by atoms with Crippen LogP contribution in [0.5, 0.6) is 0 Å². The molecule has 78 valence electrons. The van der Waals surface area contributed by atoms with Gasteiger partial charge in [-0.1, -0.05) is 0 Å². The molecule has 1 heterocycles. The topological polar surface area (TPSA) is 32.7 Å². The summed E-state index contributed by atoms with van der Waals surface area (Å²) in [5.74, 6) is 0. The largest absolute Gasteiger partial charge is 0.392 e. The van der Waals surface area contributed by atoms with E-state index in [0.717, 1.165) is 19.6 Å². The molecule has 1 fully saturated rings. The van der Waals surface area contributed by atoms with Crippen LogP contribution in [0.3, 0.4) is 0 Å². The summed E-state index contributed by atoms with van der Waals surface area (Å²) in [4.78, 5) is 2.16. The third kappa shape index (κ3) is 3.63. The predicted octanol–water partition coefficient (Wildman–Crippen LogP) is 0.866. The Bertz CT molecular complexity index is 165. The van der Waals surface area contributed by atoms with Crippen LogP contribution in [0.1, 0.15) is 27.2 Å². The molecule has 0 bridgehead atoms. The lowest BCUT2D eigenvalue weighted by molar-refractivity contribution is -0.0254. The molecule has 3 nitrogen and oxygen atoms in total. The van der Waals surface area contributed by atoms with Gasteiger partial charge in [0.25, 0.3) is 0 Å². The van der Waals surface area contributed by atoms with Crippen molar-refractivity contribution in [2.75, 3.05) is 20.2 Å². The van der Waals surface area contributed by atoms with Crippen molar-refractivity contribution >= 4 is 0 Å². The zero-order chi connectivity index (χ0) is 10.1. The van der Waals surface area contributed by atoms with E-state index in [1.807, 2.05) is 7.05 Å². The van der Waals surface area contributed by atoms with Crippen LogP contribution in [-0.2, 0) is 4.74 Å². The van der Waals surface area contributed by atoms with Crippen molar-refractivity contribution < 1.29 is 9.84 Å². The van der Waals surface area contributed by atoms with Gasteiger partial charge in [-0.2, -0.15) is 0 Å². The first kappa shape index (κ1) is 11.0. The number of nitrogens with zero attached hydrogens (tertiary/aromatic N) is 1. The fourth-order valence-electron chi connectivity index (χ4n) is 1.59. The molecular weight excluding hydrogens is 166 g/mol. The Hall–Kier alpha value is -0.120. The second-order valence-electron chi connectivity index (χ2n) is 4.91. The van der Waals surface area contributed by atoms with Crippen LogP contribution in [0.4, 0.5) is 0 Å². The number of rotatable bonds is 2. The maximum absolute atomic E-state index is 9.40. The Morgan fingerprint density at radius 2 is 2.08 bits per heavy atom. The number of β-amino-alcohol motifs (C(OH)–C–C–N with tert-alkyl or cyclic N) is 1. The van der Waals surface area contributed by atoms with Gasteiger partial charge in [0.05, 0.1) is 18.3 Å². The lowest BCUT2D eigenvalue weighted by atomic mass is 10.1. The normalized spacial score (nSPS) is 31.2. The number of aliphatic hydroxyl groups excluding tert-OH is 1. The van der Waals surface area contributed by atoms with Crippen molar-refractivity contribution in [3.8, 4) is 0 Å². The summed E-state index contributed by atoms with van der Waals surface area (Å²) in [6.07, 6.45) is 0.672. The molecular formula is C10H21NO2. The first-order chi connectivity index (χ1) is 5.88. The first-order valence-corrected chi connectivity index (χ1v) is 4.91. The summed E-state index contributed by atoms with van der Waals surface area (Å²) in [6, 6.07) is 0.384.